The van der Waals surface area contributed by atoms with Gasteiger partial charge in [-0.05, 0) is 29.8 Å². The summed E-state index contributed by atoms with van der Waals surface area (Å²) >= 11 is 0. The summed E-state index contributed by atoms with van der Waals surface area (Å²) in [5.74, 6) is 0.0561. The maximum atomic E-state index is 11.5. The number of methoxy groups -OCH3 is 2. The highest BCUT2D eigenvalue weighted by Gasteiger charge is 2.21. The minimum absolute atomic E-state index is 0.0159. The normalized spacial score (nSPS) is 11.5. The van der Waals surface area contributed by atoms with E-state index in [-0.39, 0.29) is 6.61 Å². The molecule has 0 aliphatic carbocycles. The highest BCUT2D eigenvalue weighted by molar-refractivity contribution is 5.76. The first-order valence-corrected chi connectivity index (χ1v) is 6.78. The van der Waals surface area contributed by atoms with Crippen LogP contribution in [0.3, 0.4) is 0 Å². The molecule has 2 aromatic rings. The maximum absolute atomic E-state index is 11.5. The molecular weight excluding hydrogens is 284 g/mol. The molecule has 0 spiro atoms. The molecule has 0 fully saturated rings. The molecule has 0 amide bonds. The Kier molecular flexibility index (Phi) is 5.25. The van der Waals surface area contributed by atoms with Crippen molar-refractivity contribution in [2.75, 3.05) is 20.8 Å². The third-order valence-corrected chi connectivity index (χ3v) is 3.29. The number of rotatable bonds is 7. The molecule has 116 valence electrons. The molecule has 0 saturated heterocycles. The van der Waals surface area contributed by atoms with Gasteiger partial charge in [-0.25, -0.2) is 0 Å². The molecule has 0 aliphatic rings. The summed E-state index contributed by atoms with van der Waals surface area (Å²) in [5, 5.41) is 9.42. The van der Waals surface area contributed by atoms with Crippen LogP contribution in [-0.2, 0) is 4.79 Å². The van der Waals surface area contributed by atoms with Gasteiger partial charge in [-0.15, -0.1) is 0 Å². The minimum Gasteiger partial charge on any atom is -0.497 e. The van der Waals surface area contributed by atoms with Crippen LogP contribution in [0.4, 0.5) is 0 Å². The minimum atomic E-state index is -0.944. The van der Waals surface area contributed by atoms with E-state index in [4.69, 9.17) is 14.2 Å². The molecule has 0 radical (unpaired) electrons. The Hall–Kier alpha value is -2.69. The summed E-state index contributed by atoms with van der Waals surface area (Å²) in [4.78, 5) is 11.5. The van der Waals surface area contributed by atoms with Gasteiger partial charge in [0, 0.05) is 0 Å². The second-order valence-electron chi connectivity index (χ2n) is 4.63. The van der Waals surface area contributed by atoms with Crippen molar-refractivity contribution in [3.63, 3.8) is 0 Å². The van der Waals surface area contributed by atoms with Crippen molar-refractivity contribution >= 4 is 5.97 Å². The second kappa shape index (κ2) is 7.36. The van der Waals surface area contributed by atoms with E-state index in [0.717, 1.165) is 0 Å². The molecule has 1 N–H and O–H groups in total. The van der Waals surface area contributed by atoms with E-state index in [2.05, 4.69) is 0 Å². The molecule has 0 aliphatic heterocycles. The van der Waals surface area contributed by atoms with Crippen molar-refractivity contribution in [1.29, 1.82) is 0 Å². The fourth-order valence-electron chi connectivity index (χ4n) is 2.06. The van der Waals surface area contributed by atoms with Crippen molar-refractivity contribution in [2.45, 2.75) is 5.92 Å². The number of aliphatic carboxylic acids is 1. The van der Waals surface area contributed by atoms with Gasteiger partial charge in [-0.2, -0.15) is 0 Å². The quantitative estimate of drug-likeness (QED) is 0.852. The lowest BCUT2D eigenvalue weighted by molar-refractivity contribution is -0.139. The van der Waals surface area contributed by atoms with Crippen LogP contribution in [-0.4, -0.2) is 31.9 Å². The summed E-state index contributed by atoms with van der Waals surface area (Å²) in [6, 6.07) is 14.0. The van der Waals surface area contributed by atoms with E-state index in [1.165, 1.54) is 0 Å². The summed E-state index contributed by atoms with van der Waals surface area (Å²) in [7, 11) is 3.11. The van der Waals surface area contributed by atoms with Gasteiger partial charge in [0.25, 0.3) is 0 Å². The van der Waals surface area contributed by atoms with E-state index >= 15 is 0 Å². The number of hydrogen-bond donors (Lipinski definition) is 1. The summed E-state index contributed by atoms with van der Waals surface area (Å²) in [5.41, 5.74) is 0.656. The highest BCUT2D eigenvalue weighted by atomic mass is 16.5. The van der Waals surface area contributed by atoms with Gasteiger partial charge in [0.15, 0.2) is 11.5 Å². The van der Waals surface area contributed by atoms with Crippen molar-refractivity contribution in [2.24, 2.45) is 0 Å². The van der Waals surface area contributed by atoms with Crippen LogP contribution >= 0.6 is 0 Å². The summed E-state index contributed by atoms with van der Waals surface area (Å²) in [6.45, 7) is 0.0159. The first-order valence-electron chi connectivity index (χ1n) is 6.78. The summed E-state index contributed by atoms with van der Waals surface area (Å²) in [6.07, 6.45) is 0. The molecule has 1 atom stereocenters. The Morgan fingerprint density at radius 2 is 1.64 bits per heavy atom. The smallest absolute Gasteiger partial charge is 0.314 e. The fraction of sp³-hybridized carbons (Fsp3) is 0.235. The van der Waals surface area contributed by atoms with Crippen LogP contribution in [0.2, 0.25) is 0 Å². The van der Waals surface area contributed by atoms with Crippen LogP contribution in [0.5, 0.6) is 17.2 Å². The van der Waals surface area contributed by atoms with Gasteiger partial charge in [0.1, 0.15) is 18.3 Å². The lowest BCUT2D eigenvalue weighted by Crippen LogP contribution is -2.19. The Bertz CT molecular complexity index is 621. The van der Waals surface area contributed by atoms with Crippen molar-refractivity contribution in [1.82, 2.24) is 0 Å². The number of carboxylic acids is 1. The Balaban J connectivity index is 2.13. The lowest BCUT2D eigenvalue weighted by atomic mass is 10.0. The number of para-hydroxylation sites is 2. The van der Waals surface area contributed by atoms with Crippen molar-refractivity contribution in [3.8, 4) is 17.2 Å². The molecule has 2 rings (SSSR count). The van der Waals surface area contributed by atoms with Crippen LogP contribution in [0.25, 0.3) is 0 Å². The third kappa shape index (κ3) is 3.69. The zero-order chi connectivity index (χ0) is 15.9. The Morgan fingerprint density at radius 1 is 1.00 bits per heavy atom. The van der Waals surface area contributed by atoms with E-state index < -0.39 is 11.9 Å². The first kappa shape index (κ1) is 15.7. The second-order valence-corrected chi connectivity index (χ2v) is 4.63. The van der Waals surface area contributed by atoms with E-state index in [0.29, 0.717) is 22.8 Å². The fourth-order valence-corrected chi connectivity index (χ4v) is 2.06. The molecule has 22 heavy (non-hydrogen) atoms. The standard InChI is InChI=1S/C17H18O5/c1-20-13-9-7-12(8-10-13)14(17(18)19)11-22-16-6-4-3-5-15(16)21-2/h3-10,14H,11H2,1-2H3,(H,18,19). The van der Waals surface area contributed by atoms with Crippen LogP contribution in [0.15, 0.2) is 48.5 Å². The average Bonchev–Trinajstić information content (AvgIpc) is 2.55. The zero-order valence-corrected chi connectivity index (χ0v) is 12.5. The number of benzene rings is 2. The Morgan fingerprint density at radius 3 is 2.18 bits per heavy atom. The van der Waals surface area contributed by atoms with E-state index in [1.807, 2.05) is 6.07 Å². The molecule has 5 nitrogen and oxygen atoms in total. The van der Waals surface area contributed by atoms with Crippen molar-refractivity contribution in [3.05, 3.63) is 54.1 Å². The van der Waals surface area contributed by atoms with Gasteiger partial charge < -0.3 is 19.3 Å². The van der Waals surface area contributed by atoms with E-state index in [9.17, 15) is 9.90 Å². The number of ether oxygens (including phenoxy) is 3. The highest BCUT2D eigenvalue weighted by Crippen LogP contribution is 2.28. The molecule has 0 heterocycles. The average molecular weight is 302 g/mol. The van der Waals surface area contributed by atoms with Gasteiger partial charge in [0.2, 0.25) is 0 Å². The predicted molar refractivity (Wildman–Crippen MR) is 81.9 cm³/mol. The van der Waals surface area contributed by atoms with Crippen molar-refractivity contribution < 1.29 is 24.1 Å². The Labute approximate surface area is 129 Å². The monoisotopic (exact) mass is 302 g/mol. The predicted octanol–water partition coefficient (Wildman–Crippen LogP) is 2.95. The maximum Gasteiger partial charge on any atom is 0.314 e. The molecule has 5 heteroatoms. The molecule has 2 aromatic carbocycles. The SMILES string of the molecule is COc1ccc(C(COc2ccccc2OC)C(=O)O)cc1. The van der Waals surface area contributed by atoms with Crippen LogP contribution in [0.1, 0.15) is 11.5 Å². The molecule has 0 bridgehead atoms. The van der Waals surface area contributed by atoms with Gasteiger partial charge in [-0.1, -0.05) is 24.3 Å². The van der Waals surface area contributed by atoms with Gasteiger partial charge in [-0.3, -0.25) is 4.79 Å². The number of carbonyl (C=O) groups is 1. The van der Waals surface area contributed by atoms with Gasteiger partial charge >= 0.3 is 5.97 Å². The molecule has 0 aromatic heterocycles. The third-order valence-electron chi connectivity index (χ3n) is 3.29. The van der Waals surface area contributed by atoms with Gasteiger partial charge in [0.05, 0.1) is 14.2 Å². The topological polar surface area (TPSA) is 65.0 Å². The zero-order valence-electron chi connectivity index (χ0n) is 12.5. The summed E-state index contributed by atoms with van der Waals surface area (Å²) < 4.78 is 15.9. The molecule has 1 unspecified atom stereocenters. The number of carboxylic acid groups (broad SMARTS) is 1. The van der Waals surface area contributed by atoms with E-state index in [1.54, 1.807) is 56.7 Å². The molecule has 0 saturated carbocycles. The first-order chi connectivity index (χ1) is 10.7. The largest absolute Gasteiger partial charge is 0.497 e. The lowest BCUT2D eigenvalue weighted by Gasteiger charge is -2.16. The van der Waals surface area contributed by atoms with Crippen LogP contribution in [0, 0.1) is 0 Å². The van der Waals surface area contributed by atoms with Crippen LogP contribution < -0.4 is 14.2 Å². The molecular formula is C17H18O5. The number of hydrogen-bond acceptors (Lipinski definition) is 4.